The molecule has 2 nitrogen and oxygen atoms in total. The lowest BCUT2D eigenvalue weighted by Crippen LogP contribution is -2.20. The van der Waals surface area contributed by atoms with E-state index in [-0.39, 0.29) is 5.78 Å². The normalized spacial score (nSPS) is 12.4. The molecule has 1 heterocycles. The van der Waals surface area contributed by atoms with Crippen LogP contribution in [0.5, 0.6) is 0 Å². The van der Waals surface area contributed by atoms with Crippen molar-refractivity contribution in [3.63, 3.8) is 0 Å². The first kappa shape index (κ1) is 12.0. The van der Waals surface area contributed by atoms with Gasteiger partial charge in [-0.1, -0.05) is 23.3 Å². The van der Waals surface area contributed by atoms with E-state index in [4.69, 9.17) is 5.73 Å². The van der Waals surface area contributed by atoms with Crippen molar-refractivity contribution in [2.45, 2.75) is 19.9 Å². The van der Waals surface area contributed by atoms with E-state index in [1.807, 2.05) is 49.6 Å². The summed E-state index contributed by atoms with van der Waals surface area (Å²) in [4.78, 5) is 13.1. The number of carbonyl (C=O) groups excluding carboxylic acids is 1. The van der Waals surface area contributed by atoms with Gasteiger partial charge in [0, 0.05) is 10.4 Å². The summed E-state index contributed by atoms with van der Waals surface area (Å²) in [5, 5.41) is 1.93. The van der Waals surface area contributed by atoms with E-state index in [0.717, 1.165) is 16.0 Å². The molecule has 2 aromatic rings. The van der Waals surface area contributed by atoms with Gasteiger partial charge in [0.25, 0.3) is 0 Å². The molecule has 0 aliphatic heterocycles. The van der Waals surface area contributed by atoms with Crippen LogP contribution in [0.15, 0.2) is 35.7 Å². The Morgan fingerprint density at radius 1 is 1.24 bits per heavy atom. The van der Waals surface area contributed by atoms with E-state index in [2.05, 4.69) is 0 Å². The number of aryl methyl sites for hydroxylation is 2. The maximum atomic E-state index is 12.2. The van der Waals surface area contributed by atoms with Gasteiger partial charge in [-0.15, -0.1) is 11.3 Å². The van der Waals surface area contributed by atoms with Gasteiger partial charge >= 0.3 is 0 Å². The predicted octanol–water partition coefficient (Wildman–Crippen LogP) is 3.25. The third-order valence-electron chi connectivity index (χ3n) is 2.64. The second-order valence-corrected chi connectivity index (χ2v) is 5.21. The average molecular weight is 245 g/mol. The number of benzene rings is 1. The Morgan fingerprint density at radius 2 is 1.88 bits per heavy atom. The fourth-order valence-corrected chi connectivity index (χ4v) is 2.62. The van der Waals surface area contributed by atoms with Gasteiger partial charge in [-0.3, -0.25) is 4.79 Å². The van der Waals surface area contributed by atoms with Crippen molar-refractivity contribution in [2.24, 2.45) is 5.73 Å². The van der Waals surface area contributed by atoms with Gasteiger partial charge in [0.15, 0.2) is 5.78 Å². The van der Waals surface area contributed by atoms with Gasteiger partial charge in [0.2, 0.25) is 0 Å². The molecule has 0 aliphatic carbocycles. The Labute approximate surface area is 105 Å². The maximum absolute atomic E-state index is 12.2. The fourth-order valence-electron chi connectivity index (χ4n) is 1.89. The lowest BCUT2D eigenvalue weighted by molar-refractivity contribution is 0.0962. The average Bonchev–Trinajstić information content (AvgIpc) is 2.79. The molecular weight excluding hydrogens is 230 g/mol. The van der Waals surface area contributed by atoms with Crippen LogP contribution in [0.25, 0.3) is 0 Å². The molecule has 2 N–H and O–H groups in total. The number of ketones is 1. The van der Waals surface area contributed by atoms with Crippen molar-refractivity contribution in [1.29, 1.82) is 0 Å². The van der Waals surface area contributed by atoms with E-state index >= 15 is 0 Å². The SMILES string of the molecule is Cc1cc(C)cc(C(=O)C(N)c2cccs2)c1. The van der Waals surface area contributed by atoms with Gasteiger partial charge in [-0.2, -0.15) is 0 Å². The van der Waals surface area contributed by atoms with Gasteiger partial charge in [-0.05, 0) is 37.4 Å². The molecule has 1 atom stereocenters. The van der Waals surface area contributed by atoms with Crippen LogP contribution in [0.2, 0.25) is 0 Å². The van der Waals surface area contributed by atoms with E-state index in [1.54, 1.807) is 0 Å². The highest BCUT2D eigenvalue weighted by Gasteiger charge is 2.18. The second-order valence-electron chi connectivity index (χ2n) is 4.23. The number of nitrogens with two attached hydrogens (primary N) is 1. The number of rotatable bonds is 3. The summed E-state index contributed by atoms with van der Waals surface area (Å²) in [5.41, 5.74) is 8.85. The number of carbonyl (C=O) groups is 1. The Morgan fingerprint density at radius 3 is 2.41 bits per heavy atom. The van der Waals surface area contributed by atoms with E-state index in [9.17, 15) is 4.79 Å². The molecular formula is C14H15NOS. The molecule has 0 bridgehead atoms. The third kappa shape index (κ3) is 2.62. The highest BCUT2D eigenvalue weighted by Crippen LogP contribution is 2.21. The van der Waals surface area contributed by atoms with Crippen LogP contribution in [0.4, 0.5) is 0 Å². The molecule has 1 aromatic heterocycles. The number of hydrogen-bond acceptors (Lipinski definition) is 3. The van der Waals surface area contributed by atoms with Crippen LogP contribution in [-0.4, -0.2) is 5.78 Å². The largest absolute Gasteiger partial charge is 0.317 e. The van der Waals surface area contributed by atoms with Crippen molar-refractivity contribution >= 4 is 17.1 Å². The summed E-state index contributed by atoms with van der Waals surface area (Å²) in [7, 11) is 0. The van der Waals surface area contributed by atoms with Gasteiger partial charge in [-0.25, -0.2) is 0 Å². The first-order valence-electron chi connectivity index (χ1n) is 5.49. The van der Waals surface area contributed by atoms with E-state index < -0.39 is 6.04 Å². The summed E-state index contributed by atoms with van der Waals surface area (Å²) in [6, 6.07) is 9.10. The highest BCUT2D eigenvalue weighted by atomic mass is 32.1. The number of Topliss-reactive ketones (excluding diaryl/α,β-unsaturated/α-hetero) is 1. The summed E-state index contributed by atoms with van der Waals surface area (Å²) in [6.45, 7) is 3.97. The fraction of sp³-hybridized carbons (Fsp3) is 0.214. The Hall–Kier alpha value is -1.45. The predicted molar refractivity (Wildman–Crippen MR) is 71.5 cm³/mol. The molecule has 1 aromatic carbocycles. The van der Waals surface area contributed by atoms with Crippen molar-refractivity contribution in [1.82, 2.24) is 0 Å². The van der Waals surface area contributed by atoms with Crippen LogP contribution < -0.4 is 5.73 Å². The lowest BCUT2D eigenvalue weighted by atomic mass is 9.99. The first-order valence-corrected chi connectivity index (χ1v) is 6.37. The highest BCUT2D eigenvalue weighted by molar-refractivity contribution is 7.10. The van der Waals surface area contributed by atoms with Gasteiger partial charge in [0.1, 0.15) is 6.04 Å². The standard InChI is InChI=1S/C14H15NOS/c1-9-6-10(2)8-11(7-9)14(16)13(15)12-4-3-5-17-12/h3-8,13H,15H2,1-2H3. The zero-order valence-corrected chi connectivity index (χ0v) is 10.8. The number of thiophene rings is 1. The third-order valence-corrected chi connectivity index (χ3v) is 3.59. The van der Waals surface area contributed by atoms with Crippen molar-refractivity contribution in [2.75, 3.05) is 0 Å². The second kappa shape index (κ2) is 4.82. The molecule has 0 saturated heterocycles. The molecule has 1 unspecified atom stereocenters. The van der Waals surface area contributed by atoms with Crippen LogP contribution in [0.1, 0.15) is 32.4 Å². The van der Waals surface area contributed by atoms with Crippen molar-refractivity contribution in [3.05, 3.63) is 57.3 Å². The molecule has 0 saturated carbocycles. The van der Waals surface area contributed by atoms with Crippen LogP contribution in [-0.2, 0) is 0 Å². The topological polar surface area (TPSA) is 43.1 Å². The lowest BCUT2D eigenvalue weighted by Gasteiger charge is -2.10. The first-order chi connectivity index (χ1) is 8.08. The summed E-state index contributed by atoms with van der Waals surface area (Å²) >= 11 is 1.52. The Bertz CT molecular complexity index is 511. The van der Waals surface area contributed by atoms with Crippen LogP contribution >= 0.6 is 11.3 Å². The zero-order valence-electron chi connectivity index (χ0n) is 9.94. The zero-order chi connectivity index (χ0) is 12.4. The minimum absolute atomic E-state index is 0.0146. The van der Waals surface area contributed by atoms with Crippen LogP contribution in [0.3, 0.4) is 0 Å². The summed E-state index contributed by atoms with van der Waals surface area (Å²) in [5.74, 6) is -0.0146. The molecule has 0 spiro atoms. The molecule has 0 amide bonds. The van der Waals surface area contributed by atoms with E-state index in [0.29, 0.717) is 5.56 Å². The minimum atomic E-state index is -0.545. The van der Waals surface area contributed by atoms with Crippen LogP contribution in [0, 0.1) is 13.8 Å². The monoisotopic (exact) mass is 245 g/mol. The smallest absolute Gasteiger partial charge is 0.184 e. The molecule has 2 rings (SSSR count). The molecule has 17 heavy (non-hydrogen) atoms. The molecule has 88 valence electrons. The Kier molecular flexibility index (Phi) is 3.41. The molecule has 3 heteroatoms. The Balaban J connectivity index is 2.31. The van der Waals surface area contributed by atoms with Gasteiger partial charge in [0.05, 0.1) is 0 Å². The summed E-state index contributed by atoms with van der Waals surface area (Å²) in [6.07, 6.45) is 0. The molecule has 0 aliphatic rings. The van der Waals surface area contributed by atoms with Crippen molar-refractivity contribution < 1.29 is 4.79 Å². The quantitative estimate of drug-likeness (QED) is 0.843. The molecule has 0 radical (unpaired) electrons. The van der Waals surface area contributed by atoms with E-state index in [1.165, 1.54) is 11.3 Å². The van der Waals surface area contributed by atoms with Crippen molar-refractivity contribution in [3.8, 4) is 0 Å². The summed E-state index contributed by atoms with van der Waals surface area (Å²) < 4.78 is 0. The minimum Gasteiger partial charge on any atom is -0.317 e. The maximum Gasteiger partial charge on any atom is 0.184 e. The number of hydrogen-bond donors (Lipinski definition) is 1. The molecule has 0 fully saturated rings. The van der Waals surface area contributed by atoms with Gasteiger partial charge < -0.3 is 5.73 Å².